The minimum atomic E-state index is -3.67. The summed E-state index contributed by atoms with van der Waals surface area (Å²) in [6.45, 7) is 6.26. The van der Waals surface area contributed by atoms with Crippen molar-refractivity contribution in [3.05, 3.63) is 58.9 Å². The van der Waals surface area contributed by atoms with Gasteiger partial charge in [0.05, 0.1) is 17.6 Å². The van der Waals surface area contributed by atoms with Crippen LogP contribution in [0.4, 0.5) is 4.39 Å². The Balaban J connectivity index is 1.98. The lowest BCUT2D eigenvalue weighted by Crippen LogP contribution is -2.55. The second-order valence-electron chi connectivity index (χ2n) is 8.00. The Hall–Kier alpha value is -2.68. The molecule has 0 aliphatic carbocycles. The molecule has 2 N–H and O–H groups in total. The van der Waals surface area contributed by atoms with Gasteiger partial charge in [0.25, 0.3) is 0 Å². The molecule has 0 saturated heterocycles. The molecule has 0 saturated carbocycles. The van der Waals surface area contributed by atoms with Gasteiger partial charge in [0.2, 0.25) is 0 Å². The van der Waals surface area contributed by atoms with E-state index < -0.39 is 25.9 Å². The molecule has 1 aromatic heterocycles. The van der Waals surface area contributed by atoms with E-state index >= 15 is 0 Å². The van der Waals surface area contributed by atoms with Gasteiger partial charge in [-0.1, -0.05) is 6.07 Å². The number of hydrogen-bond donors (Lipinski definition) is 1. The Bertz CT molecular complexity index is 1110. The van der Waals surface area contributed by atoms with Crippen LogP contribution in [0.1, 0.15) is 48.1 Å². The van der Waals surface area contributed by atoms with Crippen molar-refractivity contribution in [1.82, 2.24) is 9.97 Å². The number of sulfone groups is 1. The molecule has 7 nitrogen and oxygen atoms in total. The van der Waals surface area contributed by atoms with Crippen LogP contribution in [-0.2, 0) is 21.8 Å². The number of nitrogens with zero attached hydrogens (tertiary/aromatic N) is 3. The first-order valence-electron chi connectivity index (χ1n) is 9.04. The van der Waals surface area contributed by atoms with Crippen LogP contribution in [0.3, 0.4) is 0 Å². The highest BCUT2D eigenvalue weighted by atomic mass is 32.2. The number of aliphatic imine (C=N–C) groups is 1. The Morgan fingerprint density at radius 3 is 2.48 bits per heavy atom. The van der Waals surface area contributed by atoms with Gasteiger partial charge in [0.1, 0.15) is 27.6 Å². The van der Waals surface area contributed by atoms with Crippen molar-refractivity contribution in [2.75, 3.05) is 5.75 Å². The molecule has 9 heteroatoms. The van der Waals surface area contributed by atoms with E-state index in [1.54, 1.807) is 6.92 Å². The number of benzene rings is 1. The molecule has 0 fully saturated rings. The van der Waals surface area contributed by atoms with Gasteiger partial charge >= 0.3 is 0 Å². The number of amidine groups is 1. The molecule has 1 aliphatic rings. The maximum Gasteiger partial charge on any atom is 0.187 e. The van der Waals surface area contributed by atoms with Crippen molar-refractivity contribution in [1.29, 1.82) is 0 Å². The maximum atomic E-state index is 14.7. The van der Waals surface area contributed by atoms with Crippen molar-refractivity contribution in [2.45, 2.75) is 44.4 Å². The third kappa shape index (κ3) is 3.78. The molecular formula is C20H23FN4O3S. The zero-order valence-corrected chi connectivity index (χ0v) is 17.5. The fourth-order valence-electron chi connectivity index (χ4n) is 3.19. The molecule has 0 bridgehead atoms. The molecule has 0 spiro atoms. The number of Topliss-reactive ketones (excluding diaryl/α,β-unsaturated/α-hetero) is 1. The summed E-state index contributed by atoms with van der Waals surface area (Å²) in [5.74, 6) is -1.33. The minimum Gasteiger partial charge on any atom is -0.386 e. The largest absolute Gasteiger partial charge is 0.386 e. The van der Waals surface area contributed by atoms with Crippen LogP contribution in [0.5, 0.6) is 0 Å². The summed E-state index contributed by atoms with van der Waals surface area (Å²) in [5.41, 5.74) is 6.05. The monoisotopic (exact) mass is 418 g/mol. The molecule has 1 aliphatic heterocycles. The summed E-state index contributed by atoms with van der Waals surface area (Å²) in [4.78, 5) is 24.9. The van der Waals surface area contributed by atoms with E-state index in [-0.39, 0.29) is 35.0 Å². The van der Waals surface area contributed by atoms with Crippen molar-refractivity contribution in [3.8, 4) is 0 Å². The standard InChI is InChI=1S/C20H23FN4O3S/c1-12-9-24-16(10-23-12)17(26)8-13-5-6-15(21)14(7-13)20(4)11-29(27,28)19(2,3)18(22)25-20/h5-7,9-10H,8,11H2,1-4H3,(H2,22,25)/t20-/m0/s1. The third-order valence-corrected chi connectivity index (χ3v) is 7.98. The number of carbonyl (C=O) groups excluding carboxylic acids is 1. The predicted octanol–water partition coefficient (Wildman–Crippen LogP) is 2.13. The molecular weight excluding hydrogens is 395 g/mol. The average Bonchev–Trinajstić information content (AvgIpc) is 2.62. The molecule has 1 aromatic carbocycles. The molecule has 0 amide bonds. The number of aryl methyl sites for hydroxylation is 1. The first-order valence-corrected chi connectivity index (χ1v) is 10.7. The van der Waals surface area contributed by atoms with Gasteiger partial charge in [0.15, 0.2) is 15.6 Å². The normalized spacial score (nSPS) is 22.7. The van der Waals surface area contributed by atoms with Crippen LogP contribution in [0, 0.1) is 12.7 Å². The molecule has 2 aromatic rings. The number of carbonyl (C=O) groups is 1. The summed E-state index contributed by atoms with van der Waals surface area (Å²) in [6.07, 6.45) is 2.86. The van der Waals surface area contributed by atoms with Crippen molar-refractivity contribution in [3.63, 3.8) is 0 Å². The van der Waals surface area contributed by atoms with Crippen LogP contribution < -0.4 is 5.73 Å². The Kier molecular flexibility index (Phi) is 5.06. The van der Waals surface area contributed by atoms with Crippen LogP contribution in [-0.4, -0.2) is 40.5 Å². The highest BCUT2D eigenvalue weighted by Crippen LogP contribution is 2.38. The fourth-order valence-corrected chi connectivity index (χ4v) is 4.87. The zero-order chi connectivity index (χ0) is 21.6. The number of aromatic nitrogens is 2. The van der Waals surface area contributed by atoms with Gasteiger partial charge in [0, 0.05) is 18.2 Å². The Morgan fingerprint density at radius 1 is 1.21 bits per heavy atom. The lowest BCUT2D eigenvalue weighted by atomic mass is 9.90. The molecule has 29 heavy (non-hydrogen) atoms. The lowest BCUT2D eigenvalue weighted by molar-refractivity contribution is 0.0987. The van der Waals surface area contributed by atoms with E-state index in [1.807, 2.05) is 0 Å². The number of ketones is 1. The summed E-state index contributed by atoms with van der Waals surface area (Å²) in [5, 5.41) is 0. The number of nitrogens with two attached hydrogens (primary N) is 1. The van der Waals surface area contributed by atoms with Gasteiger partial charge in [-0.3, -0.25) is 14.8 Å². The van der Waals surface area contributed by atoms with E-state index in [9.17, 15) is 17.6 Å². The average molecular weight is 418 g/mol. The predicted molar refractivity (Wildman–Crippen MR) is 108 cm³/mol. The fraction of sp³-hybridized carbons (Fsp3) is 0.400. The van der Waals surface area contributed by atoms with E-state index in [2.05, 4.69) is 15.0 Å². The van der Waals surface area contributed by atoms with Crippen molar-refractivity contribution >= 4 is 21.5 Å². The highest BCUT2D eigenvalue weighted by Gasteiger charge is 2.49. The van der Waals surface area contributed by atoms with Crippen molar-refractivity contribution < 1.29 is 17.6 Å². The summed E-state index contributed by atoms with van der Waals surface area (Å²) in [7, 11) is -3.67. The topological polar surface area (TPSA) is 115 Å². The lowest BCUT2D eigenvalue weighted by Gasteiger charge is -2.38. The summed E-state index contributed by atoms with van der Waals surface area (Å²) < 4.78 is 38.8. The van der Waals surface area contributed by atoms with Gasteiger partial charge in [-0.05, 0) is 45.4 Å². The minimum absolute atomic E-state index is 0.0292. The Labute approximate surface area is 169 Å². The number of hydrogen-bond acceptors (Lipinski definition) is 7. The quantitative estimate of drug-likeness (QED) is 0.761. The van der Waals surface area contributed by atoms with E-state index in [4.69, 9.17) is 5.73 Å². The molecule has 154 valence electrons. The highest BCUT2D eigenvalue weighted by molar-refractivity contribution is 7.93. The molecule has 2 heterocycles. The van der Waals surface area contributed by atoms with Gasteiger partial charge < -0.3 is 5.73 Å². The first-order chi connectivity index (χ1) is 13.4. The van der Waals surface area contributed by atoms with E-state index in [0.29, 0.717) is 11.3 Å². The van der Waals surface area contributed by atoms with E-state index in [0.717, 1.165) is 0 Å². The van der Waals surface area contributed by atoms with Crippen LogP contribution >= 0.6 is 0 Å². The van der Waals surface area contributed by atoms with E-state index in [1.165, 1.54) is 51.4 Å². The van der Waals surface area contributed by atoms with Gasteiger partial charge in [-0.15, -0.1) is 0 Å². The van der Waals surface area contributed by atoms with Crippen LogP contribution in [0.2, 0.25) is 0 Å². The second-order valence-corrected chi connectivity index (χ2v) is 10.5. The Morgan fingerprint density at radius 2 is 1.90 bits per heavy atom. The third-order valence-electron chi connectivity index (χ3n) is 5.27. The maximum absolute atomic E-state index is 14.7. The molecule has 3 rings (SSSR count). The summed E-state index contributed by atoms with van der Waals surface area (Å²) >= 11 is 0. The first kappa shape index (κ1) is 21.0. The van der Waals surface area contributed by atoms with Gasteiger partial charge in [-0.25, -0.2) is 17.8 Å². The number of rotatable bonds is 4. The number of halogens is 1. The molecule has 1 atom stereocenters. The van der Waals surface area contributed by atoms with Crippen LogP contribution in [0.15, 0.2) is 35.6 Å². The second kappa shape index (κ2) is 6.98. The van der Waals surface area contributed by atoms with Crippen LogP contribution in [0.25, 0.3) is 0 Å². The van der Waals surface area contributed by atoms with Gasteiger partial charge in [-0.2, -0.15) is 0 Å². The zero-order valence-electron chi connectivity index (χ0n) is 16.7. The SMILES string of the molecule is Cc1cnc(C(=O)Cc2ccc(F)c([C@]3(C)CS(=O)(=O)C(C)(C)C(N)=N3)c2)cn1. The molecule has 0 radical (unpaired) electrons. The molecule has 0 unspecified atom stereocenters. The smallest absolute Gasteiger partial charge is 0.187 e. The summed E-state index contributed by atoms with van der Waals surface area (Å²) in [6, 6.07) is 4.16. The van der Waals surface area contributed by atoms with Crippen molar-refractivity contribution in [2.24, 2.45) is 10.7 Å².